The molecule has 4 nitrogen and oxygen atoms in total. The lowest BCUT2D eigenvalue weighted by Gasteiger charge is -2.30. The summed E-state index contributed by atoms with van der Waals surface area (Å²) in [6.45, 7) is 2.59. The van der Waals surface area contributed by atoms with E-state index in [9.17, 15) is 0 Å². The zero-order valence-corrected chi connectivity index (χ0v) is 18.6. The van der Waals surface area contributed by atoms with Crippen LogP contribution in [0.15, 0.2) is 91.0 Å². The number of rotatable bonds is 8. The Labute approximate surface area is 185 Å². The Morgan fingerprint density at radius 1 is 0.800 bits per heavy atom. The lowest BCUT2D eigenvalue weighted by Crippen LogP contribution is -2.17. The zero-order valence-electron chi connectivity index (χ0n) is 16.9. The van der Waals surface area contributed by atoms with Crippen LogP contribution in [-0.4, -0.2) is 24.7 Å². The SMILES string of the molecule is S=C(CCCOP1N(c2ccccc2)CCN1c1ccccc1)Nc1ccccc1. The first-order chi connectivity index (χ1) is 14.8. The molecule has 1 aliphatic rings. The molecule has 0 radical (unpaired) electrons. The minimum atomic E-state index is -0.901. The van der Waals surface area contributed by atoms with Crippen LogP contribution in [0.25, 0.3) is 0 Å². The maximum atomic E-state index is 6.47. The third-order valence-electron chi connectivity index (χ3n) is 4.86. The minimum absolute atomic E-state index is 0.676. The van der Waals surface area contributed by atoms with Crippen molar-refractivity contribution in [3.63, 3.8) is 0 Å². The van der Waals surface area contributed by atoms with E-state index in [2.05, 4.69) is 75.3 Å². The van der Waals surface area contributed by atoms with E-state index in [4.69, 9.17) is 16.7 Å². The molecule has 0 spiro atoms. The predicted molar refractivity (Wildman–Crippen MR) is 132 cm³/mol. The Bertz CT molecular complexity index is 879. The summed E-state index contributed by atoms with van der Waals surface area (Å²) in [7, 11) is -0.901. The first-order valence-corrected chi connectivity index (χ1v) is 11.8. The quantitative estimate of drug-likeness (QED) is 0.248. The van der Waals surface area contributed by atoms with Crippen LogP contribution in [0, 0.1) is 0 Å². The molecule has 1 aliphatic heterocycles. The van der Waals surface area contributed by atoms with Crippen LogP contribution in [0.4, 0.5) is 17.1 Å². The number of nitrogens with zero attached hydrogens (tertiary/aromatic N) is 2. The largest absolute Gasteiger partial charge is 0.350 e. The molecule has 1 N–H and O–H groups in total. The van der Waals surface area contributed by atoms with Crippen molar-refractivity contribution in [2.45, 2.75) is 12.8 Å². The van der Waals surface area contributed by atoms with Crippen molar-refractivity contribution in [1.82, 2.24) is 0 Å². The van der Waals surface area contributed by atoms with Crippen LogP contribution in [-0.2, 0) is 4.52 Å². The van der Waals surface area contributed by atoms with Gasteiger partial charge in [0.2, 0.25) is 8.45 Å². The van der Waals surface area contributed by atoms with Crippen molar-refractivity contribution in [3.05, 3.63) is 91.0 Å². The van der Waals surface area contributed by atoms with Crippen LogP contribution < -0.4 is 14.7 Å². The maximum Gasteiger partial charge on any atom is 0.248 e. The fourth-order valence-electron chi connectivity index (χ4n) is 3.41. The van der Waals surface area contributed by atoms with Crippen molar-refractivity contribution >= 4 is 42.7 Å². The van der Waals surface area contributed by atoms with Gasteiger partial charge in [0.1, 0.15) is 0 Å². The second-order valence-corrected chi connectivity index (χ2v) is 9.24. The molecule has 6 heteroatoms. The highest BCUT2D eigenvalue weighted by atomic mass is 32.1. The lowest BCUT2D eigenvalue weighted by atomic mass is 10.3. The van der Waals surface area contributed by atoms with E-state index in [1.165, 1.54) is 11.4 Å². The fourth-order valence-corrected chi connectivity index (χ4v) is 5.69. The van der Waals surface area contributed by atoms with Crippen molar-refractivity contribution in [2.75, 3.05) is 34.4 Å². The van der Waals surface area contributed by atoms with E-state index < -0.39 is 8.45 Å². The van der Waals surface area contributed by atoms with E-state index in [-0.39, 0.29) is 0 Å². The normalized spacial score (nSPS) is 14.1. The Hall–Kier alpha value is -2.46. The highest BCUT2D eigenvalue weighted by Crippen LogP contribution is 2.53. The molecule has 0 bridgehead atoms. The second-order valence-electron chi connectivity index (χ2n) is 7.02. The fraction of sp³-hybridized carbons (Fsp3) is 0.208. The molecule has 1 saturated heterocycles. The molecule has 0 atom stereocenters. The molecular formula is C24H26N3OPS. The molecule has 0 amide bonds. The summed E-state index contributed by atoms with van der Waals surface area (Å²) in [5, 5.41) is 3.30. The van der Waals surface area contributed by atoms with Crippen LogP contribution in [0.2, 0.25) is 0 Å². The Balaban J connectivity index is 1.36. The molecule has 4 rings (SSSR count). The van der Waals surface area contributed by atoms with Gasteiger partial charge in [-0.2, -0.15) is 0 Å². The van der Waals surface area contributed by atoms with Gasteiger partial charge in [-0.25, -0.2) is 0 Å². The average Bonchev–Trinajstić information content (AvgIpc) is 3.22. The highest BCUT2D eigenvalue weighted by molar-refractivity contribution is 7.80. The van der Waals surface area contributed by atoms with Gasteiger partial charge in [-0.05, 0) is 42.8 Å². The summed E-state index contributed by atoms with van der Waals surface area (Å²) >= 11 is 5.50. The van der Waals surface area contributed by atoms with E-state index >= 15 is 0 Å². The van der Waals surface area contributed by atoms with Crippen LogP contribution in [0.5, 0.6) is 0 Å². The topological polar surface area (TPSA) is 27.7 Å². The van der Waals surface area contributed by atoms with Crippen molar-refractivity contribution < 1.29 is 4.52 Å². The Kier molecular flexibility index (Phi) is 7.30. The highest BCUT2D eigenvalue weighted by Gasteiger charge is 2.34. The number of hydrogen-bond donors (Lipinski definition) is 1. The van der Waals surface area contributed by atoms with Gasteiger partial charge in [-0.15, -0.1) is 0 Å². The molecule has 30 heavy (non-hydrogen) atoms. The number of thiocarbonyl (C=S) groups is 1. The molecule has 1 heterocycles. The first-order valence-electron chi connectivity index (χ1n) is 10.2. The van der Waals surface area contributed by atoms with Gasteiger partial charge >= 0.3 is 0 Å². The molecule has 0 saturated carbocycles. The first kappa shape index (κ1) is 20.8. The standard InChI is InChI=1S/C24H26N3OPS/c30-24(25-21-11-4-1-5-12-21)17-10-20-28-29-26(22-13-6-2-7-14-22)18-19-27(29)23-15-8-3-9-16-23/h1-9,11-16H,10,17-20H2,(H,25,30). The van der Waals surface area contributed by atoms with Crippen molar-refractivity contribution in [1.29, 1.82) is 0 Å². The number of hydrogen-bond acceptors (Lipinski definition) is 4. The monoisotopic (exact) mass is 435 g/mol. The molecule has 1 fully saturated rings. The van der Waals surface area contributed by atoms with Gasteiger partial charge < -0.3 is 19.2 Å². The minimum Gasteiger partial charge on any atom is -0.350 e. The van der Waals surface area contributed by atoms with E-state index in [1.54, 1.807) is 0 Å². The lowest BCUT2D eigenvalue weighted by molar-refractivity contribution is 0.347. The predicted octanol–water partition coefficient (Wildman–Crippen LogP) is 6.48. The molecule has 0 unspecified atom stereocenters. The zero-order chi connectivity index (χ0) is 20.6. The maximum absolute atomic E-state index is 6.47. The van der Waals surface area contributed by atoms with E-state index in [0.29, 0.717) is 6.61 Å². The van der Waals surface area contributed by atoms with Gasteiger partial charge in [0.15, 0.2) is 0 Å². The van der Waals surface area contributed by atoms with Gasteiger partial charge in [0.25, 0.3) is 0 Å². The summed E-state index contributed by atoms with van der Waals surface area (Å²) < 4.78 is 11.3. The second kappa shape index (κ2) is 10.5. The molecular weight excluding hydrogens is 409 g/mol. The third-order valence-corrected chi connectivity index (χ3v) is 7.27. The van der Waals surface area contributed by atoms with Crippen LogP contribution in [0.1, 0.15) is 12.8 Å². The third kappa shape index (κ3) is 5.37. The van der Waals surface area contributed by atoms with Gasteiger partial charge in [0.05, 0.1) is 11.6 Å². The van der Waals surface area contributed by atoms with Gasteiger partial charge in [-0.3, -0.25) is 0 Å². The number of benzene rings is 3. The number of nitrogens with one attached hydrogen (secondary N) is 1. The van der Waals surface area contributed by atoms with Crippen molar-refractivity contribution in [2.24, 2.45) is 0 Å². The average molecular weight is 436 g/mol. The van der Waals surface area contributed by atoms with E-state index in [1.807, 2.05) is 30.3 Å². The molecule has 3 aromatic rings. The smallest absolute Gasteiger partial charge is 0.248 e. The van der Waals surface area contributed by atoms with Crippen LogP contribution >= 0.6 is 20.7 Å². The Morgan fingerprint density at radius 2 is 1.30 bits per heavy atom. The van der Waals surface area contributed by atoms with Gasteiger partial charge in [-0.1, -0.05) is 66.8 Å². The molecule has 3 aromatic carbocycles. The van der Waals surface area contributed by atoms with Gasteiger partial charge in [0, 0.05) is 36.6 Å². The summed E-state index contributed by atoms with van der Waals surface area (Å²) in [4.78, 5) is 0.851. The van der Waals surface area contributed by atoms with E-state index in [0.717, 1.165) is 36.6 Å². The summed E-state index contributed by atoms with van der Waals surface area (Å²) in [5.74, 6) is 0. The van der Waals surface area contributed by atoms with Crippen LogP contribution in [0.3, 0.4) is 0 Å². The number of para-hydroxylation sites is 3. The van der Waals surface area contributed by atoms with Crippen molar-refractivity contribution in [3.8, 4) is 0 Å². The molecule has 154 valence electrons. The summed E-state index contributed by atoms with van der Waals surface area (Å²) in [6.07, 6.45) is 1.70. The summed E-state index contributed by atoms with van der Waals surface area (Å²) in [6, 6.07) is 31.2. The summed E-state index contributed by atoms with van der Waals surface area (Å²) in [5.41, 5.74) is 3.46. The molecule has 0 aromatic heterocycles. The Morgan fingerprint density at radius 3 is 1.83 bits per heavy atom. The number of anilines is 3. The molecule has 0 aliphatic carbocycles.